The molecule has 3 N–H and O–H groups in total. The number of ether oxygens (including phenoxy) is 1. The number of amides is 2. The Morgan fingerprint density at radius 3 is 2.65 bits per heavy atom. The number of anilines is 1. The Morgan fingerprint density at radius 1 is 1.30 bits per heavy atom. The molecule has 0 aromatic carbocycles. The molecule has 1 fully saturated rings. The lowest BCUT2D eigenvalue weighted by Crippen LogP contribution is -2.49. The maximum Gasteiger partial charge on any atom is 0.318 e. The van der Waals surface area contributed by atoms with Crippen LogP contribution in [-0.4, -0.2) is 34.1 Å². The van der Waals surface area contributed by atoms with Crippen LogP contribution in [0.4, 0.5) is 10.7 Å². The van der Waals surface area contributed by atoms with E-state index in [-0.39, 0.29) is 18.0 Å². The van der Waals surface area contributed by atoms with Crippen molar-refractivity contribution >= 4 is 12.0 Å². The number of carbonyl (C=O) groups is 1. The highest BCUT2D eigenvalue weighted by Gasteiger charge is 2.44. The van der Waals surface area contributed by atoms with E-state index in [1.807, 2.05) is 13.8 Å². The van der Waals surface area contributed by atoms with E-state index in [1.54, 1.807) is 12.0 Å². The Bertz CT molecular complexity index is 611. The van der Waals surface area contributed by atoms with E-state index in [2.05, 4.69) is 15.3 Å². The first-order valence-electron chi connectivity index (χ1n) is 8.22. The van der Waals surface area contributed by atoms with Gasteiger partial charge in [0.05, 0.1) is 30.5 Å². The number of urea groups is 1. The summed E-state index contributed by atoms with van der Waals surface area (Å²) in [4.78, 5) is 23.0. The van der Waals surface area contributed by atoms with Gasteiger partial charge in [0.25, 0.3) is 0 Å². The molecule has 0 saturated heterocycles. The lowest BCUT2D eigenvalue weighted by Gasteiger charge is -2.34. The zero-order valence-corrected chi connectivity index (χ0v) is 14.1. The van der Waals surface area contributed by atoms with Gasteiger partial charge < -0.3 is 20.7 Å². The normalized spacial score (nSPS) is 20.2. The van der Waals surface area contributed by atoms with Gasteiger partial charge in [0.1, 0.15) is 0 Å². The van der Waals surface area contributed by atoms with Crippen molar-refractivity contribution in [2.45, 2.75) is 64.1 Å². The van der Waals surface area contributed by atoms with Crippen molar-refractivity contribution in [3.63, 3.8) is 0 Å². The molecular formula is C16H25N5O2. The number of hydrogen-bond donors (Lipinski definition) is 2. The fraction of sp³-hybridized carbons (Fsp3) is 0.688. The highest BCUT2D eigenvalue weighted by molar-refractivity contribution is 5.77. The highest BCUT2D eigenvalue weighted by atomic mass is 16.5. The highest BCUT2D eigenvalue weighted by Crippen LogP contribution is 2.42. The van der Waals surface area contributed by atoms with Gasteiger partial charge >= 0.3 is 6.03 Å². The molecule has 1 aromatic heterocycles. The predicted molar refractivity (Wildman–Crippen MR) is 87.0 cm³/mol. The number of nitrogens with two attached hydrogens (primary N) is 1. The average Bonchev–Trinajstić information content (AvgIpc) is 2.78. The minimum absolute atomic E-state index is 0.0551. The molecule has 0 atom stereocenters. The summed E-state index contributed by atoms with van der Waals surface area (Å²) in [6.45, 7) is 4.40. The maximum atomic E-state index is 12.8. The van der Waals surface area contributed by atoms with Crippen molar-refractivity contribution in [1.82, 2.24) is 20.2 Å². The molecule has 7 heteroatoms. The van der Waals surface area contributed by atoms with Gasteiger partial charge in [0, 0.05) is 6.04 Å². The molecule has 2 amide bonds. The summed E-state index contributed by atoms with van der Waals surface area (Å²) >= 11 is 0. The van der Waals surface area contributed by atoms with Crippen molar-refractivity contribution in [3.8, 4) is 5.88 Å². The number of nitrogen functional groups attached to an aromatic ring is 1. The third kappa shape index (κ3) is 2.80. The lowest BCUT2D eigenvalue weighted by atomic mass is 9.95. The monoisotopic (exact) mass is 319 g/mol. The molecular weight excluding hydrogens is 294 g/mol. The smallest absolute Gasteiger partial charge is 0.318 e. The van der Waals surface area contributed by atoms with Crippen molar-refractivity contribution in [1.29, 1.82) is 0 Å². The van der Waals surface area contributed by atoms with Gasteiger partial charge in [-0.1, -0.05) is 19.3 Å². The maximum absolute atomic E-state index is 12.8. The molecule has 0 unspecified atom stereocenters. The average molecular weight is 319 g/mol. The van der Waals surface area contributed by atoms with Gasteiger partial charge in [-0.3, -0.25) is 0 Å². The quantitative estimate of drug-likeness (QED) is 0.871. The van der Waals surface area contributed by atoms with Crippen molar-refractivity contribution in [2.75, 3.05) is 12.8 Å². The molecule has 126 valence electrons. The molecule has 2 aliphatic rings. The predicted octanol–water partition coefficient (Wildman–Crippen LogP) is 2.16. The van der Waals surface area contributed by atoms with Crippen LogP contribution in [0.2, 0.25) is 0 Å². The Hall–Kier alpha value is -2.05. The van der Waals surface area contributed by atoms with Crippen molar-refractivity contribution < 1.29 is 9.53 Å². The summed E-state index contributed by atoms with van der Waals surface area (Å²) in [5.74, 6) is 0.622. The minimum atomic E-state index is -0.535. The molecule has 7 nitrogen and oxygen atoms in total. The van der Waals surface area contributed by atoms with Crippen LogP contribution in [0.5, 0.6) is 5.88 Å². The number of hydrogen-bond acceptors (Lipinski definition) is 5. The summed E-state index contributed by atoms with van der Waals surface area (Å²) in [5, 5.41) is 3.17. The topological polar surface area (TPSA) is 93.4 Å². The minimum Gasteiger partial charge on any atom is -0.481 e. The number of aromatic nitrogens is 2. The molecule has 0 spiro atoms. The lowest BCUT2D eigenvalue weighted by molar-refractivity contribution is 0.138. The van der Waals surface area contributed by atoms with E-state index < -0.39 is 5.54 Å². The zero-order chi connectivity index (χ0) is 16.6. The number of nitrogens with one attached hydrogen (secondary N) is 1. The van der Waals surface area contributed by atoms with Gasteiger partial charge in [0.2, 0.25) is 11.8 Å². The Balaban J connectivity index is 1.83. The van der Waals surface area contributed by atoms with Crippen molar-refractivity contribution in [3.05, 3.63) is 11.3 Å². The first-order chi connectivity index (χ1) is 10.9. The van der Waals surface area contributed by atoms with Crippen molar-refractivity contribution in [2.24, 2.45) is 0 Å². The van der Waals surface area contributed by atoms with Gasteiger partial charge in [-0.15, -0.1) is 0 Å². The second-order valence-electron chi connectivity index (χ2n) is 6.84. The van der Waals surface area contributed by atoms with Crippen LogP contribution in [-0.2, 0) is 12.1 Å². The first kappa shape index (κ1) is 15.8. The molecule has 1 aliphatic heterocycles. The summed E-state index contributed by atoms with van der Waals surface area (Å²) in [7, 11) is 1.56. The molecule has 1 aromatic rings. The molecule has 3 rings (SSSR count). The van der Waals surface area contributed by atoms with E-state index in [9.17, 15) is 4.79 Å². The number of fused-ring (bicyclic) bond motifs is 1. The van der Waals surface area contributed by atoms with Gasteiger partial charge in [0.15, 0.2) is 0 Å². The number of nitrogens with zero attached hydrogens (tertiary/aromatic N) is 3. The fourth-order valence-corrected chi connectivity index (χ4v) is 3.69. The molecule has 1 aliphatic carbocycles. The van der Waals surface area contributed by atoms with Crippen LogP contribution < -0.4 is 15.8 Å². The molecule has 0 bridgehead atoms. The second-order valence-corrected chi connectivity index (χ2v) is 6.84. The summed E-state index contributed by atoms with van der Waals surface area (Å²) in [5.41, 5.74) is 6.81. The van der Waals surface area contributed by atoms with Crippen LogP contribution in [0.15, 0.2) is 0 Å². The summed E-state index contributed by atoms with van der Waals surface area (Å²) < 4.78 is 5.36. The zero-order valence-electron chi connectivity index (χ0n) is 14.1. The fourth-order valence-electron chi connectivity index (χ4n) is 3.69. The summed E-state index contributed by atoms with van der Waals surface area (Å²) in [6.07, 6.45) is 5.75. The largest absolute Gasteiger partial charge is 0.481 e. The van der Waals surface area contributed by atoms with E-state index in [0.29, 0.717) is 12.4 Å². The second kappa shape index (κ2) is 5.86. The Labute approximate surface area is 136 Å². The van der Waals surface area contributed by atoms with Gasteiger partial charge in [-0.2, -0.15) is 4.98 Å². The van der Waals surface area contributed by atoms with E-state index in [0.717, 1.165) is 24.1 Å². The van der Waals surface area contributed by atoms with Crippen LogP contribution in [0.25, 0.3) is 0 Å². The number of methoxy groups -OCH3 is 1. The number of carbonyl (C=O) groups excluding carboxylic acids is 1. The van der Waals surface area contributed by atoms with Crippen LogP contribution >= 0.6 is 0 Å². The first-order valence-corrected chi connectivity index (χ1v) is 8.22. The molecule has 1 saturated carbocycles. The van der Waals surface area contributed by atoms with E-state index >= 15 is 0 Å². The number of rotatable bonds is 2. The Morgan fingerprint density at radius 2 is 2.00 bits per heavy atom. The van der Waals surface area contributed by atoms with Gasteiger partial charge in [-0.05, 0) is 26.7 Å². The van der Waals surface area contributed by atoms with Gasteiger partial charge in [-0.25, -0.2) is 9.78 Å². The molecule has 0 radical (unpaired) electrons. The van der Waals surface area contributed by atoms with Crippen LogP contribution in [0, 0.1) is 0 Å². The Kier molecular flexibility index (Phi) is 4.04. The van der Waals surface area contributed by atoms with E-state index in [1.165, 1.54) is 19.3 Å². The summed E-state index contributed by atoms with van der Waals surface area (Å²) in [6, 6.07) is 0.217. The molecule has 2 heterocycles. The van der Waals surface area contributed by atoms with Crippen LogP contribution in [0.3, 0.4) is 0 Å². The van der Waals surface area contributed by atoms with E-state index in [4.69, 9.17) is 10.5 Å². The third-order valence-electron chi connectivity index (χ3n) is 4.93. The third-order valence-corrected chi connectivity index (χ3v) is 4.93. The van der Waals surface area contributed by atoms with Crippen LogP contribution in [0.1, 0.15) is 57.2 Å². The molecule has 23 heavy (non-hydrogen) atoms. The standard InChI is InChI=1S/C16H25N5O2/c1-16(2)12-11(19-14(17)20-13(12)23-3)9-21(16)15(22)18-10-7-5-4-6-8-10/h10H,4-9H2,1-3H3,(H,18,22)(H2,17,19,20). The SMILES string of the molecule is COc1nc(N)nc2c1C(C)(C)N(C(=O)NC1CCCCC1)C2.